The first-order chi connectivity index (χ1) is 11.1. The zero-order valence-corrected chi connectivity index (χ0v) is 13.0. The summed E-state index contributed by atoms with van der Waals surface area (Å²) in [5.41, 5.74) is 1.68. The molecule has 0 fully saturated rings. The van der Waals surface area contributed by atoms with Gasteiger partial charge >= 0.3 is 6.18 Å². The van der Waals surface area contributed by atoms with Crippen molar-refractivity contribution in [1.82, 2.24) is 25.0 Å². The molecule has 2 aromatic rings. The van der Waals surface area contributed by atoms with Crippen molar-refractivity contribution in [2.45, 2.75) is 26.6 Å². The molecule has 2 aromatic heterocycles. The number of alkyl halides is 3. The summed E-state index contributed by atoms with van der Waals surface area (Å²) in [7, 11) is 1.41. The van der Waals surface area contributed by atoms with Crippen LogP contribution in [0.5, 0.6) is 0 Å². The third-order valence-electron chi connectivity index (χ3n) is 3.14. The summed E-state index contributed by atoms with van der Waals surface area (Å²) >= 11 is 0. The van der Waals surface area contributed by atoms with E-state index in [9.17, 15) is 22.4 Å². The van der Waals surface area contributed by atoms with Crippen LogP contribution < -0.4 is 5.43 Å². The SMILES string of the molecule is Cc1nn(C)c(F)c1C=NNC(=O)Cn1nc(C(F)(F)F)cc1C. The molecule has 7 nitrogen and oxygen atoms in total. The predicted octanol–water partition coefficient (Wildman–Crippen LogP) is 1.54. The van der Waals surface area contributed by atoms with Gasteiger partial charge in [0, 0.05) is 12.7 Å². The molecule has 0 aromatic carbocycles. The summed E-state index contributed by atoms with van der Waals surface area (Å²) in [6.07, 6.45) is -3.51. The van der Waals surface area contributed by atoms with Gasteiger partial charge in [-0.15, -0.1) is 0 Å². The molecule has 0 aliphatic heterocycles. The van der Waals surface area contributed by atoms with Gasteiger partial charge in [0.2, 0.25) is 5.95 Å². The van der Waals surface area contributed by atoms with Crippen LogP contribution in [0.15, 0.2) is 11.2 Å². The Bertz CT molecular complexity index is 789. The van der Waals surface area contributed by atoms with Crippen molar-refractivity contribution in [3.63, 3.8) is 0 Å². The zero-order chi connectivity index (χ0) is 18.1. The molecule has 0 unspecified atom stereocenters. The Kier molecular flexibility index (Phi) is 4.71. The summed E-state index contributed by atoms with van der Waals surface area (Å²) in [6.45, 7) is 2.51. The summed E-state index contributed by atoms with van der Waals surface area (Å²) in [5.74, 6) is -1.32. The van der Waals surface area contributed by atoms with Gasteiger partial charge in [-0.1, -0.05) is 0 Å². The standard InChI is InChI=1S/C13H14F4N6O/c1-7-4-10(13(15,16)17)21-23(7)6-11(24)19-18-5-9-8(2)20-22(3)12(9)14/h4-5H,6H2,1-3H3,(H,19,24). The lowest BCUT2D eigenvalue weighted by Crippen LogP contribution is -2.24. The molecule has 0 radical (unpaired) electrons. The lowest BCUT2D eigenvalue weighted by atomic mass is 10.3. The Morgan fingerprint density at radius 3 is 2.54 bits per heavy atom. The van der Waals surface area contributed by atoms with Crippen molar-refractivity contribution < 1.29 is 22.4 Å². The molecule has 130 valence electrons. The second-order valence-corrected chi connectivity index (χ2v) is 5.03. The fraction of sp³-hybridized carbons (Fsp3) is 0.385. The fourth-order valence-corrected chi connectivity index (χ4v) is 1.94. The average Bonchev–Trinajstić information content (AvgIpc) is 2.94. The highest BCUT2D eigenvalue weighted by atomic mass is 19.4. The van der Waals surface area contributed by atoms with E-state index in [0.29, 0.717) is 5.69 Å². The second kappa shape index (κ2) is 6.42. The van der Waals surface area contributed by atoms with E-state index in [4.69, 9.17) is 0 Å². The van der Waals surface area contributed by atoms with Gasteiger partial charge in [-0.25, -0.2) is 10.1 Å². The molecule has 0 spiro atoms. The quantitative estimate of drug-likeness (QED) is 0.518. The number of rotatable bonds is 4. The minimum absolute atomic E-state index is 0.104. The van der Waals surface area contributed by atoms with E-state index >= 15 is 0 Å². The van der Waals surface area contributed by atoms with Crippen LogP contribution >= 0.6 is 0 Å². The molecule has 1 amide bonds. The molecule has 0 bridgehead atoms. The van der Waals surface area contributed by atoms with Crippen LogP contribution in [0, 0.1) is 19.8 Å². The summed E-state index contributed by atoms with van der Waals surface area (Å²) in [4.78, 5) is 11.7. The fourth-order valence-electron chi connectivity index (χ4n) is 1.94. The van der Waals surface area contributed by atoms with Crippen LogP contribution in [-0.4, -0.2) is 31.7 Å². The van der Waals surface area contributed by atoms with Crippen LogP contribution in [0.4, 0.5) is 17.6 Å². The van der Waals surface area contributed by atoms with Gasteiger partial charge < -0.3 is 0 Å². The summed E-state index contributed by atoms with van der Waals surface area (Å²) in [6, 6.07) is 0.838. The minimum Gasteiger partial charge on any atom is -0.271 e. The third kappa shape index (κ3) is 3.78. The number of hydrogen-bond donors (Lipinski definition) is 1. The number of amides is 1. The van der Waals surface area contributed by atoms with Crippen molar-refractivity contribution in [2.24, 2.45) is 12.1 Å². The number of hydrazone groups is 1. The van der Waals surface area contributed by atoms with Crippen molar-refractivity contribution in [3.8, 4) is 0 Å². The van der Waals surface area contributed by atoms with E-state index in [0.717, 1.165) is 21.6 Å². The van der Waals surface area contributed by atoms with Gasteiger partial charge in [-0.05, 0) is 19.9 Å². The molecule has 24 heavy (non-hydrogen) atoms. The van der Waals surface area contributed by atoms with Gasteiger partial charge in [0.25, 0.3) is 5.91 Å². The van der Waals surface area contributed by atoms with Crippen molar-refractivity contribution in [1.29, 1.82) is 0 Å². The van der Waals surface area contributed by atoms with E-state index < -0.39 is 30.3 Å². The molecule has 0 aliphatic carbocycles. The highest BCUT2D eigenvalue weighted by Gasteiger charge is 2.34. The van der Waals surface area contributed by atoms with Crippen LogP contribution in [0.25, 0.3) is 0 Å². The number of halogens is 4. The third-order valence-corrected chi connectivity index (χ3v) is 3.14. The smallest absolute Gasteiger partial charge is 0.271 e. The molecular formula is C13H14F4N6O. The minimum atomic E-state index is -4.58. The first kappa shape index (κ1) is 17.6. The average molecular weight is 346 g/mol. The number of carbonyl (C=O) groups excluding carboxylic acids is 1. The largest absolute Gasteiger partial charge is 0.435 e. The van der Waals surface area contributed by atoms with Crippen LogP contribution in [0.3, 0.4) is 0 Å². The number of hydrogen-bond acceptors (Lipinski definition) is 4. The first-order valence-electron chi connectivity index (χ1n) is 6.72. The molecule has 1 N–H and O–H groups in total. The maximum atomic E-state index is 13.6. The Morgan fingerprint density at radius 2 is 2.04 bits per heavy atom. The molecular weight excluding hydrogens is 332 g/mol. The zero-order valence-electron chi connectivity index (χ0n) is 13.0. The van der Waals surface area contributed by atoms with Crippen LogP contribution in [0.2, 0.25) is 0 Å². The van der Waals surface area contributed by atoms with E-state index in [-0.39, 0.29) is 11.3 Å². The van der Waals surface area contributed by atoms with Crippen molar-refractivity contribution >= 4 is 12.1 Å². The molecule has 2 rings (SSSR count). The number of carbonyl (C=O) groups is 1. The summed E-state index contributed by atoms with van der Waals surface area (Å²) in [5, 5.41) is 10.7. The Hall–Kier alpha value is -2.72. The van der Waals surface area contributed by atoms with Gasteiger partial charge in [-0.2, -0.15) is 32.9 Å². The van der Waals surface area contributed by atoms with Gasteiger partial charge in [0.15, 0.2) is 5.69 Å². The Labute approximate surface area is 133 Å². The number of aryl methyl sites for hydroxylation is 3. The van der Waals surface area contributed by atoms with Crippen molar-refractivity contribution in [2.75, 3.05) is 0 Å². The Balaban J connectivity index is 2.01. The van der Waals surface area contributed by atoms with Gasteiger partial charge in [0.05, 0.1) is 17.5 Å². The normalized spacial score (nSPS) is 12.1. The lowest BCUT2D eigenvalue weighted by Gasteiger charge is -2.03. The van der Waals surface area contributed by atoms with E-state index in [1.54, 1.807) is 6.92 Å². The monoisotopic (exact) mass is 346 g/mol. The predicted molar refractivity (Wildman–Crippen MR) is 75.6 cm³/mol. The lowest BCUT2D eigenvalue weighted by molar-refractivity contribution is -0.141. The first-order valence-corrected chi connectivity index (χ1v) is 6.72. The highest BCUT2D eigenvalue weighted by molar-refractivity contribution is 5.83. The Morgan fingerprint density at radius 1 is 1.38 bits per heavy atom. The maximum absolute atomic E-state index is 13.6. The number of nitrogens with one attached hydrogen (secondary N) is 1. The number of nitrogens with zero attached hydrogens (tertiary/aromatic N) is 5. The molecule has 11 heteroatoms. The van der Waals surface area contributed by atoms with Crippen LogP contribution in [-0.2, 0) is 24.6 Å². The van der Waals surface area contributed by atoms with E-state index in [1.807, 2.05) is 0 Å². The van der Waals surface area contributed by atoms with Gasteiger partial charge in [0.1, 0.15) is 6.54 Å². The van der Waals surface area contributed by atoms with E-state index in [2.05, 4.69) is 20.7 Å². The van der Waals surface area contributed by atoms with Crippen LogP contribution in [0.1, 0.15) is 22.6 Å². The topological polar surface area (TPSA) is 77.1 Å². The molecule has 0 atom stereocenters. The highest BCUT2D eigenvalue weighted by Crippen LogP contribution is 2.28. The van der Waals surface area contributed by atoms with E-state index in [1.165, 1.54) is 14.0 Å². The second-order valence-electron chi connectivity index (χ2n) is 5.03. The summed E-state index contributed by atoms with van der Waals surface area (Å²) < 4.78 is 53.2. The molecule has 0 saturated carbocycles. The van der Waals surface area contributed by atoms with Crippen molar-refractivity contribution in [3.05, 3.63) is 34.7 Å². The molecule has 2 heterocycles. The molecule has 0 aliphatic rings. The number of aromatic nitrogens is 4. The molecule has 0 saturated heterocycles. The maximum Gasteiger partial charge on any atom is 0.435 e. The van der Waals surface area contributed by atoms with Gasteiger partial charge in [-0.3, -0.25) is 9.48 Å².